The van der Waals surface area contributed by atoms with Crippen LogP contribution < -0.4 is 0 Å². The molecule has 1 unspecified atom stereocenters. The molecular formula is C22H22BrFN4O4S. The second-order valence-corrected chi connectivity index (χ2v) is 9.59. The molecule has 0 radical (unpaired) electrons. The van der Waals surface area contributed by atoms with Gasteiger partial charge in [-0.1, -0.05) is 22.0 Å². The first-order valence-electron chi connectivity index (χ1n) is 10.6. The van der Waals surface area contributed by atoms with Crippen LogP contribution in [0.4, 0.5) is 4.39 Å². The first kappa shape index (κ1) is 22.6. The van der Waals surface area contributed by atoms with Crippen molar-refractivity contribution in [3.8, 4) is 0 Å². The van der Waals surface area contributed by atoms with E-state index in [-0.39, 0.29) is 18.5 Å². The number of benzene rings is 1. The van der Waals surface area contributed by atoms with Gasteiger partial charge in [-0.15, -0.1) is 11.3 Å². The Balaban J connectivity index is 1.65. The lowest BCUT2D eigenvalue weighted by molar-refractivity contribution is -0.143. The molecule has 2 saturated heterocycles. The zero-order chi connectivity index (χ0) is 23.1. The number of hydrogen-bond acceptors (Lipinski definition) is 9. The van der Waals surface area contributed by atoms with Crippen LogP contribution in [0.5, 0.6) is 0 Å². The summed E-state index contributed by atoms with van der Waals surface area (Å²) in [6.45, 7) is 3.54. The van der Waals surface area contributed by atoms with E-state index in [2.05, 4.69) is 20.9 Å². The van der Waals surface area contributed by atoms with E-state index in [1.54, 1.807) is 19.2 Å². The second kappa shape index (κ2) is 9.22. The van der Waals surface area contributed by atoms with Crippen LogP contribution in [0.2, 0.25) is 0 Å². The number of thiazole rings is 1. The third-order valence-corrected chi connectivity index (χ3v) is 7.44. The largest absolute Gasteiger partial charge is 0.463 e. The quantitative estimate of drug-likeness (QED) is 0.587. The Morgan fingerprint density at radius 3 is 2.97 bits per heavy atom. The number of fused-ring (bicyclic) bond motifs is 1. The van der Waals surface area contributed by atoms with E-state index in [0.717, 1.165) is 10.7 Å². The molecule has 174 valence electrons. The standard InChI is InChI=1S/C22H22BrFN4O4S/c1-2-31-21(29)17-16-10-13(27-6-7-32-22(27)30)11-28(16)19(20-25-5-8-33-20)26-18(17)14-4-3-12(24)9-15(14)23/h3-5,8-9,13,18,22,30H,2,6-7,10-11H2,1H3/t13-,18-,22?/m0/s1. The topological polar surface area (TPSA) is 87.5 Å². The summed E-state index contributed by atoms with van der Waals surface area (Å²) in [5.41, 5.74) is 1.86. The number of nitrogens with zero attached hydrogens (tertiary/aromatic N) is 4. The van der Waals surface area contributed by atoms with Crippen molar-refractivity contribution in [1.82, 2.24) is 14.8 Å². The molecular weight excluding hydrogens is 515 g/mol. The number of aromatic nitrogens is 1. The van der Waals surface area contributed by atoms with Crippen LogP contribution in [0.15, 0.2) is 50.5 Å². The lowest BCUT2D eigenvalue weighted by atomic mass is 9.94. The lowest BCUT2D eigenvalue weighted by Gasteiger charge is -2.32. The van der Waals surface area contributed by atoms with Crippen LogP contribution in [0.3, 0.4) is 0 Å². The van der Waals surface area contributed by atoms with Crippen LogP contribution in [0, 0.1) is 5.82 Å². The molecule has 5 rings (SSSR count). The number of carbonyl (C=O) groups is 1. The van der Waals surface area contributed by atoms with E-state index in [1.807, 2.05) is 15.2 Å². The van der Waals surface area contributed by atoms with Gasteiger partial charge >= 0.3 is 5.97 Å². The van der Waals surface area contributed by atoms with Gasteiger partial charge in [0, 0.05) is 47.3 Å². The maximum Gasteiger partial charge on any atom is 0.338 e. The maximum absolute atomic E-state index is 13.8. The average molecular weight is 537 g/mol. The molecule has 1 aromatic heterocycles. The number of rotatable bonds is 5. The maximum atomic E-state index is 13.8. The van der Waals surface area contributed by atoms with Crippen molar-refractivity contribution < 1.29 is 23.8 Å². The van der Waals surface area contributed by atoms with Crippen molar-refractivity contribution in [3.05, 3.63) is 61.9 Å². The third kappa shape index (κ3) is 4.12. The van der Waals surface area contributed by atoms with E-state index >= 15 is 0 Å². The van der Waals surface area contributed by atoms with Gasteiger partial charge in [0.15, 0.2) is 10.8 Å². The molecule has 1 N–H and O–H groups in total. The molecule has 3 aliphatic heterocycles. The fourth-order valence-electron chi connectivity index (χ4n) is 4.55. The van der Waals surface area contributed by atoms with Crippen LogP contribution in [0.1, 0.15) is 30.0 Å². The molecule has 33 heavy (non-hydrogen) atoms. The van der Waals surface area contributed by atoms with Crippen LogP contribution in [0.25, 0.3) is 0 Å². The summed E-state index contributed by atoms with van der Waals surface area (Å²) in [5.74, 6) is -0.201. The van der Waals surface area contributed by atoms with Gasteiger partial charge < -0.3 is 19.5 Å². The first-order valence-corrected chi connectivity index (χ1v) is 12.3. The average Bonchev–Trinajstić information content (AvgIpc) is 3.53. The van der Waals surface area contributed by atoms with E-state index in [1.165, 1.54) is 23.5 Å². The van der Waals surface area contributed by atoms with Crippen LogP contribution in [-0.2, 0) is 14.3 Å². The van der Waals surface area contributed by atoms with Gasteiger partial charge in [0.25, 0.3) is 0 Å². The third-order valence-electron chi connectivity index (χ3n) is 5.98. The van der Waals surface area contributed by atoms with Crippen molar-refractivity contribution in [2.75, 3.05) is 26.3 Å². The van der Waals surface area contributed by atoms with Gasteiger partial charge in [0.1, 0.15) is 11.9 Å². The van der Waals surface area contributed by atoms with Crippen molar-refractivity contribution in [3.63, 3.8) is 0 Å². The number of ether oxygens (including phenoxy) is 2. The highest BCUT2D eigenvalue weighted by Crippen LogP contribution is 2.43. The van der Waals surface area contributed by atoms with E-state index in [4.69, 9.17) is 14.5 Å². The lowest BCUT2D eigenvalue weighted by Crippen LogP contribution is -2.42. The summed E-state index contributed by atoms with van der Waals surface area (Å²) in [5, 5.41) is 12.9. The van der Waals surface area contributed by atoms with Gasteiger partial charge in [-0.05, 0) is 24.6 Å². The number of amidine groups is 1. The summed E-state index contributed by atoms with van der Waals surface area (Å²) < 4.78 is 25.1. The molecule has 11 heteroatoms. The van der Waals surface area contributed by atoms with E-state index in [0.29, 0.717) is 47.6 Å². The summed E-state index contributed by atoms with van der Waals surface area (Å²) in [4.78, 5) is 26.5. The van der Waals surface area contributed by atoms with Gasteiger partial charge in [0.2, 0.25) is 6.41 Å². The molecule has 3 aliphatic rings. The molecule has 8 nitrogen and oxygen atoms in total. The minimum absolute atomic E-state index is 0.0810. The first-order chi connectivity index (χ1) is 16.0. The molecule has 0 saturated carbocycles. The summed E-state index contributed by atoms with van der Waals surface area (Å²) in [7, 11) is 0. The van der Waals surface area contributed by atoms with Crippen molar-refractivity contribution >= 4 is 39.1 Å². The Kier molecular flexibility index (Phi) is 6.32. The number of esters is 1. The molecule has 0 spiro atoms. The molecule has 4 heterocycles. The minimum atomic E-state index is -0.981. The van der Waals surface area contributed by atoms with E-state index in [9.17, 15) is 14.3 Å². The number of hydrogen-bond donors (Lipinski definition) is 1. The van der Waals surface area contributed by atoms with E-state index < -0.39 is 18.4 Å². The molecule has 3 atom stereocenters. The Labute approximate surface area is 202 Å². The van der Waals surface area contributed by atoms with Crippen LogP contribution in [-0.4, -0.2) is 70.5 Å². The Bertz CT molecular complexity index is 1130. The Morgan fingerprint density at radius 1 is 1.45 bits per heavy atom. The fourth-order valence-corrected chi connectivity index (χ4v) is 5.76. The molecule has 0 bridgehead atoms. The smallest absolute Gasteiger partial charge is 0.338 e. The Hall–Kier alpha value is -2.18. The molecule has 2 fully saturated rings. The SMILES string of the molecule is CCOC(=O)C1=C2C[C@H](N3CCOC3O)CN2C(c2nccs2)=N[C@H]1c1ccc(F)cc1Br. The summed E-state index contributed by atoms with van der Waals surface area (Å²) in [6, 6.07) is 3.58. The summed E-state index contributed by atoms with van der Waals surface area (Å²) >= 11 is 4.90. The highest BCUT2D eigenvalue weighted by molar-refractivity contribution is 9.10. The number of aliphatic hydroxyl groups is 1. The van der Waals surface area contributed by atoms with Crippen molar-refractivity contribution in [2.24, 2.45) is 4.99 Å². The highest BCUT2D eigenvalue weighted by Gasteiger charge is 2.45. The monoisotopic (exact) mass is 536 g/mol. The number of carbonyl (C=O) groups excluding carboxylic acids is 1. The normalized spacial score (nSPS) is 25.4. The fraction of sp³-hybridized carbons (Fsp3) is 0.409. The molecule has 0 amide bonds. The summed E-state index contributed by atoms with van der Waals surface area (Å²) in [6.07, 6.45) is 1.24. The van der Waals surface area contributed by atoms with Crippen molar-refractivity contribution in [2.45, 2.75) is 31.8 Å². The number of halogens is 2. The number of aliphatic hydroxyl groups excluding tert-OH is 1. The zero-order valence-corrected chi connectivity index (χ0v) is 20.2. The van der Waals surface area contributed by atoms with Crippen molar-refractivity contribution in [1.29, 1.82) is 0 Å². The highest BCUT2D eigenvalue weighted by atomic mass is 79.9. The molecule has 2 aromatic rings. The minimum Gasteiger partial charge on any atom is -0.463 e. The predicted molar refractivity (Wildman–Crippen MR) is 123 cm³/mol. The van der Waals surface area contributed by atoms with Gasteiger partial charge in [-0.2, -0.15) is 0 Å². The van der Waals surface area contributed by atoms with Gasteiger partial charge in [-0.25, -0.2) is 19.1 Å². The predicted octanol–water partition coefficient (Wildman–Crippen LogP) is 3.05. The second-order valence-electron chi connectivity index (χ2n) is 7.84. The van der Waals surface area contributed by atoms with Gasteiger partial charge in [-0.3, -0.25) is 4.99 Å². The molecule has 0 aliphatic carbocycles. The zero-order valence-electron chi connectivity index (χ0n) is 17.8. The Morgan fingerprint density at radius 2 is 2.30 bits per heavy atom. The number of aliphatic imine (C=N–C) groups is 1. The van der Waals surface area contributed by atoms with Crippen LogP contribution >= 0.6 is 27.3 Å². The van der Waals surface area contributed by atoms with Gasteiger partial charge in [0.05, 0.1) is 18.8 Å². The molecule has 1 aromatic carbocycles.